The molecule has 1 saturated carbocycles. The molecule has 2 aliphatic carbocycles. The molecule has 0 aromatic heterocycles. The van der Waals surface area contributed by atoms with Crippen LogP contribution >= 0.6 is 23.5 Å². The average molecular weight is 795 g/mol. The number of rotatable bonds is 6. The van der Waals surface area contributed by atoms with Gasteiger partial charge < -0.3 is 8.63 Å². The lowest BCUT2D eigenvalue weighted by molar-refractivity contribution is 0.607. The molecule has 0 saturated heterocycles. The minimum absolute atomic E-state index is 0.534. The van der Waals surface area contributed by atoms with E-state index in [0.717, 1.165) is 117 Å². The van der Waals surface area contributed by atoms with E-state index in [1.165, 1.54) is 22.3 Å². The normalized spacial score (nSPS) is 21.9. The van der Waals surface area contributed by atoms with Crippen molar-refractivity contribution in [3.05, 3.63) is 159 Å². The van der Waals surface area contributed by atoms with Gasteiger partial charge in [0.05, 0.1) is 9.49 Å². The molecule has 8 rings (SSSR count). The molecule has 1 fully saturated rings. The van der Waals surface area contributed by atoms with Gasteiger partial charge in [-0.3, -0.25) is 0 Å². The van der Waals surface area contributed by atoms with Crippen LogP contribution in [0.4, 0.5) is 8.63 Å². The fraction of sp³-hybridized carbons (Fsp3) is 0.373. The van der Waals surface area contributed by atoms with Crippen LogP contribution in [0.3, 0.4) is 0 Å². The molecule has 0 amide bonds. The van der Waals surface area contributed by atoms with Crippen LogP contribution in [-0.4, -0.2) is 22.3 Å². The van der Waals surface area contributed by atoms with E-state index in [1.54, 1.807) is 23.5 Å². The number of aryl methyl sites for hydroxylation is 12. The molecule has 0 radical (unpaired) electrons. The molecule has 0 spiro atoms. The number of halogens is 2. The maximum Gasteiger partial charge on any atom is 0.241 e. The predicted molar refractivity (Wildman–Crippen MR) is 251 cm³/mol. The van der Waals surface area contributed by atoms with Crippen LogP contribution < -0.4 is 21.9 Å². The molecule has 4 aromatic rings. The number of allylic oxidation sites excluding steroid dienone is 4. The van der Waals surface area contributed by atoms with Gasteiger partial charge in [-0.2, -0.15) is 45.4 Å². The van der Waals surface area contributed by atoms with Crippen molar-refractivity contribution in [2.24, 2.45) is 0 Å². The molecule has 4 aromatic carbocycles. The first-order valence-corrected chi connectivity index (χ1v) is 22.6. The first-order valence-electron chi connectivity index (χ1n) is 21.0. The summed E-state index contributed by atoms with van der Waals surface area (Å²) in [7, 11) is 0. The molecule has 2 unspecified atom stereocenters. The minimum atomic E-state index is -2.87. The van der Waals surface area contributed by atoms with Crippen LogP contribution in [0, 0.1) is 83.1 Å². The summed E-state index contributed by atoms with van der Waals surface area (Å²) in [6, 6.07) is 17.2. The maximum atomic E-state index is 19.7. The third-order valence-electron chi connectivity index (χ3n) is 14.4. The summed E-state index contributed by atoms with van der Waals surface area (Å²) in [6.07, 6.45) is 1.81. The van der Waals surface area contributed by atoms with Gasteiger partial charge in [0.2, 0.25) is 12.8 Å². The zero-order valence-corrected chi connectivity index (χ0v) is 38.3. The van der Waals surface area contributed by atoms with Crippen molar-refractivity contribution in [1.29, 1.82) is 0 Å². The Bertz CT molecular complexity index is 2200. The first-order chi connectivity index (χ1) is 26.7. The van der Waals surface area contributed by atoms with E-state index in [0.29, 0.717) is 0 Å². The van der Waals surface area contributed by atoms with Crippen LogP contribution in [0.2, 0.25) is 0 Å². The molecule has 6 heteroatoms. The number of hydrogen-bond donors (Lipinski definition) is 0. The van der Waals surface area contributed by atoms with E-state index in [9.17, 15) is 0 Å². The van der Waals surface area contributed by atoms with Gasteiger partial charge >= 0.3 is 0 Å². The van der Waals surface area contributed by atoms with Crippen molar-refractivity contribution in [3.63, 3.8) is 0 Å². The summed E-state index contributed by atoms with van der Waals surface area (Å²) in [5, 5.41) is 0. The molecule has 0 N–H and O–H groups in total. The summed E-state index contributed by atoms with van der Waals surface area (Å²) in [4.78, 5) is 1.61. The lowest BCUT2D eigenvalue weighted by Crippen LogP contribution is -2.60. The Morgan fingerprint density at radius 1 is 0.421 bits per heavy atom. The zero-order chi connectivity index (χ0) is 41.3. The zero-order valence-electron chi connectivity index (χ0n) is 36.6. The van der Waals surface area contributed by atoms with Crippen LogP contribution in [0.5, 0.6) is 0 Å². The van der Waals surface area contributed by atoms with Gasteiger partial charge in [-0.1, -0.05) is 127 Å². The first kappa shape index (κ1) is 40.3. The topological polar surface area (TPSA) is 0 Å². The quantitative estimate of drug-likeness (QED) is 0.178. The van der Waals surface area contributed by atoms with Crippen LogP contribution in [0.25, 0.3) is 0 Å². The molecule has 4 aliphatic rings. The summed E-state index contributed by atoms with van der Waals surface area (Å²) < 4.78 is 38.3. The van der Waals surface area contributed by atoms with Crippen LogP contribution in [-0.2, 0) is 0 Å². The SMILES string of the molecule is Cc1cc(C)c([B-](F)(C2=CC3=C4CCCC4=C4C=C([B-](F)(c5c(C)cc(C)cc5C)c5c(C)cc(C)cc5C)SC4(C)C3(C)S2)c2c(C)cc(C)cc2C)c(C)c1. The van der Waals surface area contributed by atoms with Crippen molar-refractivity contribution in [2.45, 2.75) is 126 Å². The monoisotopic (exact) mass is 794 g/mol. The van der Waals surface area contributed by atoms with E-state index in [-0.39, 0.29) is 0 Å². The van der Waals surface area contributed by atoms with Gasteiger partial charge in [-0.05, 0) is 138 Å². The Morgan fingerprint density at radius 3 is 0.877 bits per heavy atom. The number of benzene rings is 4. The largest absolute Gasteiger partial charge is 0.498 e. The molecule has 2 aliphatic heterocycles. The molecule has 0 nitrogen and oxygen atoms in total. The average Bonchev–Trinajstić information content (AvgIpc) is 3.79. The standard InChI is InChI=1S/C51H58B2F2S2/c1-28-18-32(5)46(33(6)19-28)52(54,47-34(7)20-29(2)21-35(47)8)44-26-42-40-16-15-17-41(40)43-27-45(57-51(43,14)50(42,13)56-44)53(55,48-36(9)22-30(3)23-37(48)10)49-38(11)24-31(4)25-39(49)12/h18-27H,15-17H2,1-14H3/q-2. The summed E-state index contributed by atoms with van der Waals surface area (Å²) in [5.74, 6) is 0. The highest BCUT2D eigenvalue weighted by Crippen LogP contribution is 2.69. The maximum absolute atomic E-state index is 19.7. The Morgan fingerprint density at radius 2 is 0.649 bits per heavy atom. The molecular weight excluding hydrogens is 736 g/mol. The second-order valence-electron chi connectivity index (χ2n) is 18.8. The fourth-order valence-corrected chi connectivity index (χ4v) is 16.1. The molecule has 2 atom stereocenters. The lowest BCUT2D eigenvalue weighted by Gasteiger charge is -2.50. The summed E-state index contributed by atoms with van der Waals surface area (Å²) in [6.45, 7) is 29.8. The van der Waals surface area contributed by atoms with E-state index in [1.807, 2.05) is 0 Å². The second-order valence-corrected chi connectivity index (χ2v) is 21.8. The van der Waals surface area contributed by atoms with Gasteiger partial charge in [0.1, 0.15) is 0 Å². The van der Waals surface area contributed by atoms with Gasteiger partial charge in [0, 0.05) is 0 Å². The predicted octanol–water partition coefficient (Wildman–Crippen LogP) is 11.8. The minimum Gasteiger partial charge on any atom is -0.498 e. The van der Waals surface area contributed by atoms with Crippen LogP contribution in [0.1, 0.15) is 99.9 Å². The van der Waals surface area contributed by atoms with Crippen molar-refractivity contribution in [1.82, 2.24) is 0 Å². The van der Waals surface area contributed by atoms with Crippen LogP contribution in [0.15, 0.2) is 92.6 Å². The second kappa shape index (κ2) is 13.5. The highest BCUT2D eigenvalue weighted by Gasteiger charge is 2.61. The van der Waals surface area contributed by atoms with Crippen molar-refractivity contribution >= 4 is 58.2 Å². The smallest absolute Gasteiger partial charge is 0.241 e. The van der Waals surface area contributed by atoms with Gasteiger partial charge in [0.25, 0.3) is 0 Å². The van der Waals surface area contributed by atoms with Crippen molar-refractivity contribution < 1.29 is 8.63 Å². The third-order valence-corrected chi connectivity index (χ3v) is 17.9. The highest BCUT2D eigenvalue weighted by molar-refractivity contribution is 8.11. The molecule has 57 heavy (non-hydrogen) atoms. The van der Waals surface area contributed by atoms with E-state index in [2.05, 4.69) is 158 Å². The summed E-state index contributed by atoms with van der Waals surface area (Å²) >= 11 is 3.47. The lowest BCUT2D eigenvalue weighted by atomic mass is 9.31. The van der Waals surface area contributed by atoms with Gasteiger partial charge in [-0.25, -0.2) is 0 Å². The Balaban J connectivity index is 1.37. The van der Waals surface area contributed by atoms with Gasteiger partial charge in [0.15, 0.2) is 0 Å². The number of fused-ring (bicyclic) bond motifs is 4. The third kappa shape index (κ3) is 5.69. The Labute approximate surface area is 350 Å². The van der Waals surface area contributed by atoms with Gasteiger partial charge in [-0.15, -0.1) is 9.61 Å². The Hall–Kier alpha value is -3.47. The highest BCUT2D eigenvalue weighted by atomic mass is 32.2. The van der Waals surface area contributed by atoms with E-state index >= 15 is 8.63 Å². The molecule has 296 valence electrons. The number of thioether (sulfide) groups is 2. The van der Waals surface area contributed by atoms with E-state index < -0.39 is 22.3 Å². The van der Waals surface area contributed by atoms with Crippen molar-refractivity contribution in [3.8, 4) is 0 Å². The molecule has 2 heterocycles. The summed E-state index contributed by atoms with van der Waals surface area (Å²) in [5.41, 5.74) is 21.0. The number of hydrogen-bond acceptors (Lipinski definition) is 2. The fourth-order valence-electron chi connectivity index (χ4n) is 12.5. The Kier molecular flexibility index (Phi) is 9.57. The molecule has 0 bridgehead atoms. The van der Waals surface area contributed by atoms with E-state index in [4.69, 9.17) is 0 Å². The molecular formula is C51H58B2F2S2-2. The van der Waals surface area contributed by atoms with Crippen molar-refractivity contribution in [2.75, 3.05) is 0 Å².